The van der Waals surface area contributed by atoms with Crippen LogP contribution < -0.4 is 5.32 Å². The van der Waals surface area contributed by atoms with Crippen molar-refractivity contribution in [1.82, 2.24) is 5.32 Å². The normalized spacial score (nSPS) is 13.6. The van der Waals surface area contributed by atoms with Crippen LogP contribution in [-0.4, -0.2) is 27.9 Å². The quantitative estimate of drug-likeness (QED) is 0.521. The third-order valence-electron chi connectivity index (χ3n) is 4.70. The van der Waals surface area contributed by atoms with Crippen LogP contribution in [0.5, 0.6) is 11.5 Å². The van der Waals surface area contributed by atoms with E-state index in [9.17, 15) is 15.3 Å². The van der Waals surface area contributed by atoms with E-state index in [1.807, 2.05) is 0 Å². The molecular formula is C22H25NO3. The van der Waals surface area contributed by atoms with Gasteiger partial charge in [0.25, 0.3) is 0 Å². The number of phenolic OH excluding ortho intramolecular Hbond substituents is 2. The molecule has 4 heteroatoms. The second kappa shape index (κ2) is 8.21. The van der Waals surface area contributed by atoms with Gasteiger partial charge in [-0.3, -0.25) is 0 Å². The highest BCUT2D eigenvalue weighted by molar-refractivity contribution is 5.85. The Bertz CT molecular complexity index is 853. The SMILES string of the molecule is CC(CCc1cccc2ccccc12)NCC(O)c1cc(O)cc(O)c1. The van der Waals surface area contributed by atoms with Crippen molar-refractivity contribution < 1.29 is 15.3 Å². The standard InChI is InChI=1S/C22H25NO3/c1-15(23-14-22(26)18-11-19(24)13-20(25)12-18)9-10-17-7-4-6-16-5-2-3-8-21(16)17/h2-8,11-13,15,22-26H,9-10,14H2,1H3. The molecule has 4 nitrogen and oxygen atoms in total. The van der Waals surface area contributed by atoms with Crippen LogP contribution >= 0.6 is 0 Å². The van der Waals surface area contributed by atoms with Crippen LogP contribution in [0.2, 0.25) is 0 Å². The number of rotatable bonds is 7. The van der Waals surface area contributed by atoms with Crippen molar-refractivity contribution in [3.8, 4) is 11.5 Å². The van der Waals surface area contributed by atoms with E-state index in [1.54, 1.807) is 0 Å². The first kappa shape index (κ1) is 18.2. The molecule has 2 atom stereocenters. The van der Waals surface area contributed by atoms with E-state index in [0.29, 0.717) is 12.1 Å². The maximum Gasteiger partial charge on any atom is 0.119 e. The molecule has 4 N–H and O–H groups in total. The van der Waals surface area contributed by atoms with Crippen LogP contribution in [0.25, 0.3) is 10.8 Å². The molecule has 0 heterocycles. The minimum absolute atomic E-state index is 0.0527. The summed E-state index contributed by atoms with van der Waals surface area (Å²) >= 11 is 0. The summed E-state index contributed by atoms with van der Waals surface area (Å²) in [4.78, 5) is 0. The minimum atomic E-state index is -0.784. The van der Waals surface area contributed by atoms with Crippen molar-refractivity contribution in [3.63, 3.8) is 0 Å². The maximum atomic E-state index is 10.3. The first-order valence-electron chi connectivity index (χ1n) is 8.94. The van der Waals surface area contributed by atoms with Crippen LogP contribution in [-0.2, 0) is 6.42 Å². The third kappa shape index (κ3) is 4.54. The van der Waals surface area contributed by atoms with Crippen molar-refractivity contribution in [2.45, 2.75) is 31.9 Å². The molecule has 0 aromatic heterocycles. The molecule has 136 valence electrons. The van der Waals surface area contributed by atoms with E-state index < -0.39 is 6.10 Å². The first-order valence-corrected chi connectivity index (χ1v) is 8.94. The van der Waals surface area contributed by atoms with Gasteiger partial charge in [-0.25, -0.2) is 0 Å². The molecule has 0 aliphatic rings. The highest BCUT2D eigenvalue weighted by Gasteiger charge is 2.12. The Hall–Kier alpha value is -2.56. The number of hydrogen-bond donors (Lipinski definition) is 4. The summed E-state index contributed by atoms with van der Waals surface area (Å²) in [5, 5.41) is 35.2. The number of nitrogens with one attached hydrogen (secondary N) is 1. The smallest absolute Gasteiger partial charge is 0.119 e. The number of benzene rings is 3. The maximum absolute atomic E-state index is 10.3. The van der Waals surface area contributed by atoms with Gasteiger partial charge in [0, 0.05) is 18.7 Å². The van der Waals surface area contributed by atoms with Gasteiger partial charge in [0.1, 0.15) is 11.5 Å². The Kier molecular flexibility index (Phi) is 5.76. The predicted octanol–water partition coefficient (Wildman–Crippen LogP) is 3.90. The number of aryl methyl sites for hydroxylation is 1. The van der Waals surface area contributed by atoms with Crippen molar-refractivity contribution in [2.75, 3.05) is 6.54 Å². The van der Waals surface area contributed by atoms with Gasteiger partial charge in [-0.05, 0) is 53.8 Å². The van der Waals surface area contributed by atoms with Gasteiger partial charge in [-0.15, -0.1) is 0 Å². The van der Waals surface area contributed by atoms with Crippen molar-refractivity contribution >= 4 is 10.8 Å². The molecule has 0 amide bonds. The lowest BCUT2D eigenvalue weighted by molar-refractivity contribution is 0.169. The van der Waals surface area contributed by atoms with Crippen LogP contribution in [0, 0.1) is 0 Å². The Labute approximate surface area is 153 Å². The van der Waals surface area contributed by atoms with E-state index in [0.717, 1.165) is 12.8 Å². The highest BCUT2D eigenvalue weighted by Crippen LogP contribution is 2.25. The summed E-state index contributed by atoms with van der Waals surface area (Å²) in [5.41, 5.74) is 1.83. The monoisotopic (exact) mass is 351 g/mol. The number of aromatic hydroxyl groups is 2. The zero-order chi connectivity index (χ0) is 18.5. The van der Waals surface area contributed by atoms with E-state index in [4.69, 9.17) is 0 Å². The average Bonchev–Trinajstić information content (AvgIpc) is 2.63. The second-order valence-corrected chi connectivity index (χ2v) is 6.78. The Morgan fingerprint density at radius 1 is 0.923 bits per heavy atom. The highest BCUT2D eigenvalue weighted by atomic mass is 16.3. The summed E-state index contributed by atoms with van der Waals surface area (Å²) in [6, 6.07) is 19.2. The van der Waals surface area contributed by atoms with E-state index in [1.165, 1.54) is 34.5 Å². The zero-order valence-electron chi connectivity index (χ0n) is 14.9. The molecule has 0 saturated carbocycles. The molecule has 2 unspecified atom stereocenters. The topological polar surface area (TPSA) is 72.7 Å². The van der Waals surface area contributed by atoms with Gasteiger partial charge in [-0.2, -0.15) is 0 Å². The van der Waals surface area contributed by atoms with Gasteiger partial charge in [0.15, 0.2) is 0 Å². The van der Waals surface area contributed by atoms with Crippen molar-refractivity contribution in [3.05, 3.63) is 71.8 Å². The third-order valence-corrected chi connectivity index (χ3v) is 4.70. The molecule has 0 fully saturated rings. The number of fused-ring (bicyclic) bond motifs is 1. The molecule has 0 aliphatic heterocycles. The zero-order valence-corrected chi connectivity index (χ0v) is 14.9. The Balaban J connectivity index is 1.54. The van der Waals surface area contributed by atoms with E-state index in [-0.39, 0.29) is 17.5 Å². The fraction of sp³-hybridized carbons (Fsp3) is 0.273. The summed E-state index contributed by atoms with van der Waals surface area (Å²) in [6.45, 7) is 2.46. The largest absolute Gasteiger partial charge is 0.508 e. The molecule has 26 heavy (non-hydrogen) atoms. The van der Waals surface area contributed by atoms with Crippen molar-refractivity contribution in [2.24, 2.45) is 0 Å². The summed E-state index contributed by atoms with van der Waals surface area (Å²) in [5.74, 6) is -0.105. The second-order valence-electron chi connectivity index (χ2n) is 6.78. The van der Waals surface area contributed by atoms with Gasteiger partial charge in [-0.1, -0.05) is 42.5 Å². The van der Waals surface area contributed by atoms with Crippen LogP contribution in [0.4, 0.5) is 0 Å². The van der Waals surface area contributed by atoms with Gasteiger partial charge >= 0.3 is 0 Å². The fourth-order valence-electron chi connectivity index (χ4n) is 3.23. The van der Waals surface area contributed by atoms with E-state index in [2.05, 4.69) is 54.7 Å². The molecular weight excluding hydrogens is 326 g/mol. The first-order chi connectivity index (χ1) is 12.5. The lowest BCUT2D eigenvalue weighted by Crippen LogP contribution is -2.30. The number of aliphatic hydroxyl groups is 1. The predicted molar refractivity (Wildman–Crippen MR) is 104 cm³/mol. The summed E-state index contributed by atoms with van der Waals surface area (Å²) < 4.78 is 0. The van der Waals surface area contributed by atoms with Crippen molar-refractivity contribution in [1.29, 1.82) is 0 Å². The van der Waals surface area contributed by atoms with Crippen LogP contribution in [0.15, 0.2) is 60.7 Å². The van der Waals surface area contributed by atoms with Crippen LogP contribution in [0.1, 0.15) is 30.6 Å². The molecule has 0 aliphatic carbocycles. The fourth-order valence-corrected chi connectivity index (χ4v) is 3.23. The molecule has 0 spiro atoms. The molecule has 0 bridgehead atoms. The summed E-state index contributed by atoms with van der Waals surface area (Å²) in [7, 11) is 0. The van der Waals surface area contributed by atoms with Crippen LogP contribution in [0.3, 0.4) is 0 Å². The Morgan fingerprint density at radius 3 is 2.38 bits per heavy atom. The lowest BCUT2D eigenvalue weighted by atomic mass is 9.99. The van der Waals surface area contributed by atoms with E-state index >= 15 is 0 Å². The molecule has 3 aromatic rings. The van der Waals surface area contributed by atoms with Gasteiger partial charge in [0.2, 0.25) is 0 Å². The van der Waals surface area contributed by atoms with Gasteiger partial charge < -0.3 is 20.6 Å². The Morgan fingerprint density at radius 2 is 1.62 bits per heavy atom. The molecule has 0 radical (unpaired) electrons. The number of phenols is 2. The molecule has 0 saturated heterocycles. The lowest BCUT2D eigenvalue weighted by Gasteiger charge is -2.18. The minimum Gasteiger partial charge on any atom is -0.508 e. The molecule has 3 aromatic carbocycles. The number of aliphatic hydroxyl groups excluding tert-OH is 1. The molecule has 3 rings (SSSR count). The summed E-state index contributed by atoms with van der Waals surface area (Å²) in [6.07, 6.45) is 1.12. The average molecular weight is 351 g/mol. The number of hydrogen-bond acceptors (Lipinski definition) is 4. The van der Waals surface area contributed by atoms with Gasteiger partial charge in [0.05, 0.1) is 6.10 Å².